The summed E-state index contributed by atoms with van der Waals surface area (Å²) in [5.41, 5.74) is 6.20. The number of nitrogens with two attached hydrogens (primary N) is 1. The molecule has 4 unspecified atom stereocenters. The summed E-state index contributed by atoms with van der Waals surface area (Å²) >= 11 is 0. The lowest BCUT2D eigenvalue weighted by atomic mass is 10.0. The number of aliphatic hydroxyl groups excluding tert-OH is 1. The normalized spacial score (nSPS) is 14.6. The zero-order valence-corrected chi connectivity index (χ0v) is 18.3. The fraction of sp³-hybridized carbons (Fsp3) is 0.579. The van der Waals surface area contributed by atoms with Gasteiger partial charge in [-0.25, -0.2) is 9.78 Å². The fourth-order valence-corrected chi connectivity index (χ4v) is 2.83. The van der Waals surface area contributed by atoms with Crippen molar-refractivity contribution in [2.45, 2.75) is 57.3 Å². The van der Waals surface area contributed by atoms with Crippen LogP contribution in [-0.2, 0) is 30.4 Å². The first-order valence-electron chi connectivity index (χ1n) is 10.1. The Bertz CT molecular complexity index is 828. The Labute approximate surface area is 189 Å². The van der Waals surface area contributed by atoms with Crippen LogP contribution in [0.25, 0.3) is 0 Å². The minimum absolute atomic E-state index is 0.0775. The number of carbonyl (C=O) groups excluding carboxylic acids is 3. The summed E-state index contributed by atoms with van der Waals surface area (Å²) in [5.74, 6) is -5.46. The first-order valence-corrected chi connectivity index (χ1v) is 10.1. The molecule has 0 bridgehead atoms. The van der Waals surface area contributed by atoms with E-state index in [1.54, 1.807) is 0 Å². The summed E-state index contributed by atoms with van der Waals surface area (Å²) in [6, 6.07) is -5.51. The molecule has 1 heterocycles. The van der Waals surface area contributed by atoms with Crippen molar-refractivity contribution in [1.82, 2.24) is 25.9 Å². The molecule has 14 heteroatoms. The Balaban J connectivity index is 3.02. The van der Waals surface area contributed by atoms with Gasteiger partial charge in [-0.05, 0) is 12.3 Å². The van der Waals surface area contributed by atoms with Crippen LogP contribution in [0.1, 0.15) is 32.4 Å². The first kappa shape index (κ1) is 27.5. The summed E-state index contributed by atoms with van der Waals surface area (Å²) < 4.78 is 0. The zero-order chi connectivity index (χ0) is 25.1. The first-order chi connectivity index (χ1) is 15.4. The van der Waals surface area contributed by atoms with E-state index in [1.807, 2.05) is 13.8 Å². The third-order valence-corrected chi connectivity index (χ3v) is 4.48. The van der Waals surface area contributed by atoms with E-state index in [-0.39, 0.29) is 12.3 Å². The van der Waals surface area contributed by atoms with E-state index < -0.39 is 66.9 Å². The van der Waals surface area contributed by atoms with Gasteiger partial charge >= 0.3 is 11.9 Å². The van der Waals surface area contributed by atoms with Crippen LogP contribution in [0.5, 0.6) is 0 Å². The van der Waals surface area contributed by atoms with Crippen molar-refractivity contribution in [2.75, 3.05) is 6.61 Å². The van der Waals surface area contributed by atoms with E-state index >= 15 is 0 Å². The van der Waals surface area contributed by atoms with Gasteiger partial charge < -0.3 is 42.0 Å². The average Bonchev–Trinajstić information content (AvgIpc) is 3.22. The van der Waals surface area contributed by atoms with E-state index in [0.717, 1.165) is 0 Å². The van der Waals surface area contributed by atoms with Gasteiger partial charge in [-0.2, -0.15) is 0 Å². The number of carboxylic acid groups (broad SMARTS) is 2. The van der Waals surface area contributed by atoms with Crippen molar-refractivity contribution in [3.8, 4) is 0 Å². The number of aromatic amines is 1. The van der Waals surface area contributed by atoms with Crippen LogP contribution < -0.4 is 21.7 Å². The van der Waals surface area contributed by atoms with E-state index in [2.05, 4.69) is 25.9 Å². The standard InChI is InChI=1S/C19H30N6O8/c1-9(2)3-11(20)16(29)23-13(5-15(27)28)18(31)24-12(4-10-6-21-8-22-10)17(30)25-14(7-26)19(32)33/h6,8-9,11-14,26H,3-5,7,20H2,1-2H3,(H,21,22)(H,23,29)(H,24,31)(H,25,30)(H,27,28)(H,32,33). The number of carboxylic acids is 2. The van der Waals surface area contributed by atoms with Crippen LogP contribution in [0.3, 0.4) is 0 Å². The highest BCUT2D eigenvalue weighted by Crippen LogP contribution is 2.05. The van der Waals surface area contributed by atoms with E-state index in [0.29, 0.717) is 12.1 Å². The minimum Gasteiger partial charge on any atom is -0.481 e. The van der Waals surface area contributed by atoms with Crippen LogP contribution in [0.4, 0.5) is 0 Å². The lowest BCUT2D eigenvalue weighted by Crippen LogP contribution is -2.58. The molecule has 4 atom stereocenters. The molecule has 3 amide bonds. The molecule has 0 aromatic carbocycles. The molecule has 1 aromatic rings. The molecule has 0 aliphatic rings. The molecule has 0 fully saturated rings. The summed E-state index contributed by atoms with van der Waals surface area (Å²) in [6.45, 7) is 2.78. The van der Waals surface area contributed by atoms with Crippen molar-refractivity contribution in [3.05, 3.63) is 18.2 Å². The SMILES string of the molecule is CC(C)CC(N)C(=O)NC(CC(=O)O)C(=O)NC(Cc1cnc[nH]1)C(=O)NC(CO)C(=O)O. The maximum absolute atomic E-state index is 12.8. The number of carbonyl (C=O) groups is 5. The molecule has 14 nitrogen and oxygen atoms in total. The number of rotatable bonds is 14. The predicted molar refractivity (Wildman–Crippen MR) is 112 cm³/mol. The summed E-state index contributed by atoms with van der Waals surface area (Å²) in [4.78, 5) is 66.6. The predicted octanol–water partition coefficient (Wildman–Crippen LogP) is -2.67. The van der Waals surface area contributed by atoms with Crippen molar-refractivity contribution >= 4 is 29.7 Å². The van der Waals surface area contributed by atoms with Gasteiger partial charge in [0.05, 0.1) is 25.4 Å². The Kier molecular flexibility index (Phi) is 10.9. The number of nitrogens with one attached hydrogen (secondary N) is 4. The average molecular weight is 470 g/mol. The molecule has 1 rings (SSSR count). The maximum Gasteiger partial charge on any atom is 0.328 e. The number of H-pyrrole nitrogens is 1. The molecule has 0 saturated heterocycles. The molecule has 9 N–H and O–H groups in total. The molecule has 0 saturated carbocycles. The topological polar surface area (TPSA) is 237 Å². The Morgan fingerprint density at radius 1 is 1.00 bits per heavy atom. The van der Waals surface area contributed by atoms with Crippen LogP contribution in [0.15, 0.2) is 12.5 Å². The lowest BCUT2D eigenvalue weighted by molar-refractivity contribution is -0.144. The molecule has 0 spiro atoms. The van der Waals surface area contributed by atoms with E-state index in [1.165, 1.54) is 12.5 Å². The maximum atomic E-state index is 12.8. The third kappa shape index (κ3) is 9.65. The highest BCUT2D eigenvalue weighted by molar-refractivity contribution is 5.95. The molecular formula is C19H30N6O8. The monoisotopic (exact) mass is 470 g/mol. The lowest BCUT2D eigenvalue weighted by Gasteiger charge is -2.24. The van der Waals surface area contributed by atoms with Crippen LogP contribution in [0.2, 0.25) is 0 Å². The number of hydrogen-bond donors (Lipinski definition) is 8. The van der Waals surface area contributed by atoms with Crippen molar-refractivity contribution in [1.29, 1.82) is 0 Å². The number of aromatic nitrogens is 2. The van der Waals surface area contributed by atoms with Crippen molar-refractivity contribution < 1.29 is 39.3 Å². The fourth-order valence-electron chi connectivity index (χ4n) is 2.83. The van der Waals surface area contributed by atoms with E-state index in [4.69, 9.17) is 21.1 Å². The quantitative estimate of drug-likeness (QED) is 0.140. The Morgan fingerprint density at radius 2 is 1.58 bits per heavy atom. The van der Waals surface area contributed by atoms with Gasteiger partial charge in [0, 0.05) is 18.3 Å². The summed E-state index contributed by atoms with van der Waals surface area (Å²) in [7, 11) is 0. The van der Waals surface area contributed by atoms with Gasteiger partial charge in [-0.15, -0.1) is 0 Å². The zero-order valence-electron chi connectivity index (χ0n) is 18.3. The molecule has 0 aliphatic heterocycles. The number of aliphatic hydroxyl groups is 1. The van der Waals surface area contributed by atoms with Crippen LogP contribution in [-0.4, -0.2) is 85.7 Å². The van der Waals surface area contributed by atoms with Crippen molar-refractivity contribution in [2.24, 2.45) is 11.7 Å². The smallest absolute Gasteiger partial charge is 0.328 e. The second-order valence-electron chi connectivity index (χ2n) is 7.82. The number of amides is 3. The molecule has 0 aliphatic carbocycles. The number of imidazole rings is 1. The molecule has 184 valence electrons. The summed E-state index contributed by atoms with van der Waals surface area (Å²) in [6.07, 6.45) is 2.06. The number of nitrogens with zero attached hydrogens (tertiary/aromatic N) is 1. The third-order valence-electron chi connectivity index (χ3n) is 4.48. The second kappa shape index (κ2) is 13.1. The van der Waals surface area contributed by atoms with Gasteiger partial charge in [0.15, 0.2) is 0 Å². The molecular weight excluding hydrogens is 440 g/mol. The largest absolute Gasteiger partial charge is 0.481 e. The highest BCUT2D eigenvalue weighted by Gasteiger charge is 2.31. The number of aliphatic carboxylic acids is 2. The Morgan fingerprint density at radius 3 is 2.06 bits per heavy atom. The Hall–Kier alpha value is -3.52. The van der Waals surface area contributed by atoms with Crippen molar-refractivity contribution in [3.63, 3.8) is 0 Å². The highest BCUT2D eigenvalue weighted by atomic mass is 16.4. The van der Waals surface area contributed by atoms with Gasteiger partial charge in [-0.1, -0.05) is 13.8 Å². The van der Waals surface area contributed by atoms with E-state index in [9.17, 15) is 24.0 Å². The molecule has 1 aromatic heterocycles. The van der Waals surface area contributed by atoms with Gasteiger partial charge in [-0.3, -0.25) is 19.2 Å². The summed E-state index contributed by atoms with van der Waals surface area (Å²) in [5, 5.41) is 34.0. The number of hydrogen-bond acceptors (Lipinski definition) is 8. The second-order valence-corrected chi connectivity index (χ2v) is 7.82. The molecule has 0 radical (unpaired) electrons. The van der Waals surface area contributed by atoms with Crippen LogP contribution in [0, 0.1) is 5.92 Å². The van der Waals surface area contributed by atoms with Gasteiger partial charge in [0.1, 0.15) is 18.1 Å². The van der Waals surface area contributed by atoms with Crippen LogP contribution >= 0.6 is 0 Å². The van der Waals surface area contributed by atoms with Gasteiger partial charge in [0.25, 0.3) is 0 Å². The van der Waals surface area contributed by atoms with Gasteiger partial charge in [0.2, 0.25) is 17.7 Å². The molecule has 33 heavy (non-hydrogen) atoms. The minimum atomic E-state index is -1.62.